The fraction of sp³-hybridized carbons (Fsp3) is 0.0556. The molecule has 3 rings (SSSR count). The SMILES string of the molecule is COc1ccc(Br)cc1C=C1S/C(=N/N=Cc2ccc([N+](=O)[O-])cc2)NC1=O. The lowest BCUT2D eigenvalue weighted by molar-refractivity contribution is -0.384. The highest BCUT2D eigenvalue weighted by atomic mass is 79.9. The molecule has 1 saturated heterocycles. The van der Waals surface area contributed by atoms with Gasteiger partial charge in [0.1, 0.15) is 5.75 Å². The second-order valence-corrected chi connectivity index (χ2v) is 7.40. The summed E-state index contributed by atoms with van der Waals surface area (Å²) >= 11 is 4.55. The van der Waals surface area contributed by atoms with Crippen molar-refractivity contribution < 1.29 is 14.5 Å². The number of thioether (sulfide) groups is 1. The van der Waals surface area contributed by atoms with Crippen LogP contribution in [0.25, 0.3) is 6.08 Å². The van der Waals surface area contributed by atoms with Crippen molar-refractivity contribution in [2.24, 2.45) is 10.2 Å². The van der Waals surface area contributed by atoms with Gasteiger partial charge in [-0.2, -0.15) is 5.10 Å². The first-order valence-electron chi connectivity index (χ1n) is 7.86. The van der Waals surface area contributed by atoms with Crippen molar-refractivity contribution >= 4 is 56.7 Å². The Morgan fingerprint density at radius 2 is 2.00 bits per heavy atom. The van der Waals surface area contributed by atoms with Crippen LogP contribution in [-0.2, 0) is 4.79 Å². The number of methoxy groups -OCH3 is 1. The molecule has 2 aromatic carbocycles. The summed E-state index contributed by atoms with van der Waals surface area (Å²) in [4.78, 5) is 22.8. The van der Waals surface area contributed by atoms with E-state index in [-0.39, 0.29) is 11.6 Å². The zero-order valence-corrected chi connectivity index (χ0v) is 16.9. The molecule has 0 radical (unpaired) electrons. The Kier molecular flexibility index (Phi) is 6.22. The quantitative estimate of drug-likeness (QED) is 0.314. The summed E-state index contributed by atoms with van der Waals surface area (Å²) in [6.45, 7) is 0. The number of nitro groups is 1. The Bertz CT molecular complexity index is 1020. The van der Waals surface area contributed by atoms with E-state index in [0.717, 1.165) is 21.8 Å². The highest BCUT2D eigenvalue weighted by molar-refractivity contribution is 9.10. The van der Waals surface area contributed by atoms with Crippen molar-refractivity contribution in [1.82, 2.24) is 5.32 Å². The van der Waals surface area contributed by atoms with Crippen LogP contribution in [0.2, 0.25) is 0 Å². The molecular formula is C18H13BrN4O4S. The van der Waals surface area contributed by atoms with Crippen molar-refractivity contribution in [2.45, 2.75) is 0 Å². The predicted octanol–water partition coefficient (Wildman–Crippen LogP) is 3.96. The van der Waals surface area contributed by atoms with Gasteiger partial charge in [0.05, 0.1) is 23.2 Å². The Labute approximate surface area is 172 Å². The van der Waals surface area contributed by atoms with Gasteiger partial charge in [0, 0.05) is 22.2 Å². The number of nitrogens with one attached hydrogen (secondary N) is 1. The van der Waals surface area contributed by atoms with Crippen LogP contribution >= 0.6 is 27.7 Å². The van der Waals surface area contributed by atoms with Crippen LogP contribution in [0.5, 0.6) is 5.75 Å². The number of nitrogens with zero attached hydrogens (tertiary/aromatic N) is 3. The van der Waals surface area contributed by atoms with Crippen molar-refractivity contribution in [2.75, 3.05) is 7.11 Å². The van der Waals surface area contributed by atoms with Gasteiger partial charge < -0.3 is 4.74 Å². The first-order chi connectivity index (χ1) is 13.5. The number of hydrogen-bond acceptors (Lipinski definition) is 7. The number of amidine groups is 1. The fourth-order valence-electron chi connectivity index (χ4n) is 2.26. The van der Waals surface area contributed by atoms with Crippen LogP contribution in [0.4, 0.5) is 5.69 Å². The summed E-state index contributed by atoms with van der Waals surface area (Å²) in [6, 6.07) is 11.4. The number of hydrogen-bond donors (Lipinski definition) is 1. The molecule has 1 aliphatic heterocycles. The number of carbonyl (C=O) groups excluding carboxylic acids is 1. The van der Waals surface area contributed by atoms with E-state index in [1.165, 1.54) is 18.3 Å². The lowest BCUT2D eigenvalue weighted by Gasteiger charge is -2.05. The summed E-state index contributed by atoms with van der Waals surface area (Å²) in [5.74, 6) is 0.363. The molecular weight excluding hydrogens is 448 g/mol. The van der Waals surface area contributed by atoms with Crippen LogP contribution in [0.1, 0.15) is 11.1 Å². The molecule has 0 spiro atoms. The maximum absolute atomic E-state index is 12.2. The fourth-order valence-corrected chi connectivity index (χ4v) is 3.41. The van der Waals surface area contributed by atoms with Gasteiger partial charge in [-0.15, -0.1) is 5.10 Å². The Morgan fingerprint density at radius 3 is 2.68 bits per heavy atom. The van der Waals surface area contributed by atoms with E-state index in [0.29, 0.717) is 21.4 Å². The average Bonchev–Trinajstić information content (AvgIpc) is 3.01. The summed E-state index contributed by atoms with van der Waals surface area (Å²) in [5.41, 5.74) is 1.41. The van der Waals surface area contributed by atoms with Gasteiger partial charge in [0.15, 0.2) is 5.17 Å². The minimum Gasteiger partial charge on any atom is -0.496 e. The van der Waals surface area contributed by atoms with E-state index in [1.807, 2.05) is 12.1 Å². The number of non-ortho nitro benzene ring substituents is 1. The third kappa shape index (κ3) is 4.84. The monoisotopic (exact) mass is 460 g/mol. The molecule has 1 fully saturated rings. The molecule has 0 bridgehead atoms. The third-order valence-electron chi connectivity index (χ3n) is 3.59. The summed E-state index contributed by atoms with van der Waals surface area (Å²) < 4.78 is 6.17. The normalized spacial score (nSPS) is 16.7. The second-order valence-electron chi connectivity index (χ2n) is 5.45. The molecule has 1 amide bonds. The van der Waals surface area contributed by atoms with E-state index < -0.39 is 4.92 Å². The van der Waals surface area contributed by atoms with Gasteiger partial charge in [0.25, 0.3) is 11.6 Å². The molecule has 1 aliphatic rings. The highest BCUT2D eigenvalue weighted by Crippen LogP contribution is 2.30. The van der Waals surface area contributed by atoms with Crippen molar-refractivity contribution in [3.05, 3.63) is 73.1 Å². The molecule has 142 valence electrons. The van der Waals surface area contributed by atoms with Gasteiger partial charge in [-0.05, 0) is 53.7 Å². The van der Waals surface area contributed by atoms with Crippen molar-refractivity contribution in [3.63, 3.8) is 0 Å². The zero-order chi connectivity index (χ0) is 20.1. The first kappa shape index (κ1) is 19.8. The Hall–Kier alpha value is -2.98. The van der Waals surface area contributed by atoms with Gasteiger partial charge in [-0.25, -0.2) is 0 Å². The standard InChI is InChI=1S/C18H13BrN4O4S/c1-27-15-7-4-13(19)8-12(15)9-16-17(24)21-18(28-16)22-20-10-11-2-5-14(6-3-11)23(25)26/h2-10H,1H3,(H,21,22,24). The number of benzene rings is 2. The van der Waals surface area contributed by atoms with E-state index in [4.69, 9.17) is 4.74 Å². The second kappa shape index (κ2) is 8.81. The summed E-state index contributed by atoms with van der Waals surface area (Å²) in [6.07, 6.45) is 3.16. The lowest BCUT2D eigenvalue weighted by Crippen LogP contribution is -2.19. The minimum absolute atomic E-state index is 0.000156. The zero-order valence-electron chi connectivity index (χ0n) is 14.5. The van der Waals surface area contributed by atoms with Gasteiger partial charge >= 0.3 is 0 Å². The van der Waals surface area contributed by atoms with Crippen molar-refractivity contribution in [1.29, 1.82) is 0 Å². The van der Waals surface area contributed by atoms with Crippen LogP contribution in [0, 0.1) is 10.1 Å². The van der Waals surface area contributed by atoms with E-state index >= 15 is 0 Å². The molecule has 1 heterocycles. The van der Waals surface area contributed by atoms with Crippen LogP contribution in [0.3, 0.4) is 0 Å². The van der Waals surface area contributed by atoms with Gasteiger partial charge in [-0.1, -0.05) is 15.9 Å². The molecule has 0 unspecified atom stereocenters. The Balaban J connectivity index is 1.73. The number of amides is 1. The van der Waals surface area contributed by atoms with Crippen LogP contribution in [0.15, 0.2) is 62.0 Å². The maximum Gasteiger partial charge on any atom is 0.269 e. The molecule has 1 N–H and O–H groups in total. The molecule has 0 aliphatic carbocycles. The predicted molar refractivity (Wildman–Crippen MR) is 113 cm³/mol. The summed E-state index contributed by atoms with van der Waals surface area (Å²) in [7, 11) is 1.56. The molecule has 0 saturated carbocycles. The molecule has 8 nitrogen and oxygen atoms in total. The Morgan fingerprint density at radius 1 is 1.25 bits per heavy atom. The molecule has 2 aromatic rings. The molecule has 10 heteroatoms. The molecule has 0 atom stereocenters. The number of carbonyl (C=O) groups is 1. The smallest absolute Gasteiger partial charge is 0.269 e. The number of halogens is 1. The largest absolute Gasteiger partial charge is 0.496 e. The minimum atomic E-state index is -0.472. The number of rotatable bonds is 5. The maximum atomic E-state index is 12.2. The van der Waals surface area contributed by atoms with Gasteiger partial charge in [-0.3, -0.25) is 20.2 Å². The topological polar surface area (TPSA) is 106 Å². The molecule has 28 heavy (non-hydrogen) atoms. The van der Waals surface area contributed by atoms with Gasteiger partial charge in [0.2, 0.25) is 0 Å². The van der Waals surface area contributed by atoms with E-state index in [2.05, 4.69) is 31.4 Å². The lowest BCUT2D eigenvalue weighted by atomic mass is 10.2. The number of nitro benzene ring substituents is 1. The van der Waals surface area contributed by atoms with E-state index in [9.17, 15) is 14.9 Å². The number of ether oxygens (including phenoxy) is 1. The van der Waals surface area contributed by atoms with Crippen LogP contribution in [-0.4, -0.2) is 29.3 Å². The van der Waals surface area contributed by atoms with E-state index in [1.54, 1.807) is 31.4 Å². The summed E-state index contributed by atoms with van der Waals surface area (Å²) in [5, 5.41) is 21.5. The van der Waals surface area contributed by atoms with Crippen LogP contribution < -0.4 is 10.1 Å². The average molecular weight is 461 g/mol. The van der Waals surface area contributed by atoms with Crippen molar-refractivity contribution in [3.8, 4) is 5.75 Å². The third-order valence-corrected chi connectivity index (χ3v) is 4.98. The highest BCUT2D eigenvalue weighted by Gasteiger charge is 2.24. The molecule has 0 aromatic heterocycles. The first-order valence-corrected chi connectivity index (χ1v) is 9.47.